The summed E-state index contributed by atoms with van der Waals surface area (Å²) in [4.78, 5) is 8.00. The maximum atomic E-state index is 5.46. The number of nitrogens with one attached hydrogen (secondary N) is 1. The Labute approximate surface area is 83.7 Å². The van der Waals surface area contributed by atoms with E-state index in [0.29, 0.717) is 18.7 Å². The molecule has 0 aromatic carbocycles. The molecule has 2 heterocycles. The maximum absolute atomic E-state index is 5.46. The van der Waals surface area contributed by atoms with Crippen LogP contribution in [0.15, 0.2) is 18.5 Å². The van der Waals surface area contributed by atoms with Crippen LogP contribution >= 0.6 is 0 Å². The van der Waals surface area contributed by atoms with Crippen molar-refractivity contribution in [3.05, 3.63) is 18.5 Å². The summed E-state index contributed by atoms with van der Waals surface area (Å²) < 4.78 is 5.46. The second-order valence-corrected chi connectivity index (χ2v) is 3.49. The molecule has 0 amide bonds. The summed E-state index contributed by atoms with van der Waals surface area (Å²) in [6, 6.07) is 2.72. The van der Waals surface area contributed by atoms with Gasteiger partial charge < -0.3 is 10.1 Å². The van der Waals surface area contributed by atoms with E-state index >= 15 is 0 Å². The zero-order chi connectivity index (χ0) is 9.64. The van der Waals surface area contributed by atoms with Crippen LogP contribution in [0.1, 0.15) is 19.3 Å². The second-order valence-electron chi connectivity index (χ2n) is 3.49. The molecule has 0 aliphatic carbocycles. The van der Waals surface area contributed by atoms with Crippen molar-refractivity contribution in [2.45, 2.75) is 25.3 Å². The third kappa shape index (κ3) is 2.67. The minimum absolute atomic E-state index is 0.465. The molecule has 0 unspecified atom stereocenters. The van der Waals surface area contributed by atoms with Crippen LogP contribution < -0.4 is 10.1 Å². The van der Waals surface area contributed by atoms with Crippen molar-refractivity contribution >= 4 is 0 Å². The van der Waals surface area contributed by atoms with Gasteiger partial charge in [0.25, 0.3) is 0 Å². The van der Waals surface area contributed by atoms with Crippen LogP contribution in [0.4, 0.5) is 0 Å². The van der Waals surface area contributed by atoms with Gasteiger partial charge in [0.2, 0.25) is 0 Å². The standard InChI is InChI=1S/C10H15N3O/c1-2-5-11-9(4-1)8-14-10-12-6-3-7-13-10/h3,6-7,9,11H,1-2,4-5,8H2/t9-/m0/s1. The van der Waals surface area contributed by atoms with Gasteiger partial charge in [-0.3, -0.25) is 0 Å². The van der Waals surface area contributed by atoms with E-state index < -0.39 is 0 Å². The minimum atomic E-state index is 0.465. The summed E-state index contributed by atoms with van der Waals surface area (Å²) in [5.41, 5.74) is 0. The van der Waals surface area contributed by atoms with Crippen LogP contribution in [-0.2, 0) is 0 Å². The summed E-state index contributed by atoms with van der Waals surface area (Å²) in [6.07, 6.45) is 7.13. The molecule has 1 aromatic rings. The van der Waals surface area contributed by atoms with Crippen LogP contribution in [0, 0.1) is 0 Å². The van der Waals surface area contributed by atoms with Crippen molar-refractivity contribution in [3.8, 4) is 6.01 Å². The molecule has 1 atom stereocenters. The first-order valence-electron chi connectivity index (χ1n) is 5.08. The van der Waals surface area contributed by atoms with E-state index in [9.17, 15) is 0 Å². The molecule has 1 saturated heterocycles. The van der Waals surface area contributed by atoms with Gasteiger partial charge in [-0.2, -0.15) is 0 Å². The van der Waals surface area contributed by atoms with E-state index in [4.69, 9.17) is 4.74 Å². The largest absolute Gasteiger partial charge is 0.462 e. The zero-order valence-corrected chi connectivity index (χ0v) is 8.15. The lowest BCUT2D eigenvalue weighted by Crippen LogP contribution is -2.38. The molecule has 0 spiro atoms. The predicted octanol–water partition coefficient (Wildman–Crippen LogP) is 0.998. The summed E-state index contributed by atoms with van der Waals surface area (Å²) >= 11 is 0. The highest BCUT2D eigenvalue weighted by Gasteiger charge is 2.13. The fourth-order valence-electron chi connectivity index (χ4n) is 1.60. The highest BCUT2D eigenvalue weighted by atomic mass is 16.5. The fourth-order valence-corrected chi connectivity index (χ4v) is 1.60. The molecule has 0 saturated carbocycles. The molecule has 1 aliphatic rings. The second kappa shape index (κ2) is 4.91. The van der Waals surface area contributed by atoms with E-state index in [0.717, 1.165) is 6.54 Å². The number of hydrogen-bond acceptors (Lipinski definition) is 4. The molecular formula is C10H15N3O. The Balaban J connectivity index is 1.76. The molecule has 1 fully saturated rings. The molecule has 76 valence electrons. The quantitative estimate of drug-likeness (QED) is 0.778. The molecule has 1 N–H and O–H groups in total. The smallest absolute Gasteiger partial charge is 0.316 e. The Hall–Kier alpha value is -1.16. The third-order valence-corrected chi connectivity index (χ3v) is 2.37. The van der Waals surface area contributed by atoms with Crippen molar-refractivity contribution in [2.75, 3.05) is 13.2 Å². The summed E-state index contributed by atoms with van der Waals surface area (Å²) in [6.45, 7) is 1.77. The Bertz CT molecular complexity index is 259. The molecule has 14 heavy (non-hydrogen) atoms. The van der Waals surface area contributed by atoms with Gasteiger partial charge >= 0.3 is 6.01 Å². The fraction of sp³-hybridized carbons (Fsp3) is 0.600. The van der Waals surface area contributed by atoms with Gasteiger partial charge in [-0.05, 0) is 25.5 Å². The number of hydrogen-bond donors (Lipinski definition) is 1. The van der Waals surface area contributed by atoms with Gasteiger partial charge in [0.05, 0.1) is 0 Å². The first-order valence-corrected chi connectivity index (χ1v) is 5.08. The first-order chi connectivity index (χ1) is 6.95. The lowest BCUT2D eigenvalue weighted by Gasteiger charge is -2.22. The Morgan fingerprint density at radius 3 is 2.93 bits per heavy atom. The van der Waals surface area contributed by atoms with E-state index in [1.165, 1.54) is 19.3 Å². The van der Waals surface area contributed by atoms with Gasteiger partial charge in [-0.15, -0.1) is 0 Å². The number of ether oxygens (including phenoxy) is 1. The number of nitrogens with zero attached hydrogens (tertiary/aromatic N) is 2. The highest BCUT2D eigenvalue weighted by Crippen LogP contribution is 2.08. The summed E-state index contributed by atoms with van der Waals surface area (Å²) in [5.74, 6) is 0. The molecular weight excluding hydrogens is 178 g/mol. The summed E-state index contributed by atoms with van der Waals surface area (Å²) in [7, 11) is 0. The number of piperidine rings is 1. The maximum Gasteiger partial charge on any atom is 0.316 e. The normalized spacial score (nSPS) is 21.9. The molecule has 2 rings (SSSR count). The topological polar surface area (TPSA) is 47.0 Å². The van der Waals surface area contributed by atoms with Crippen molar-refractivity contribution < 1.29 is 4.74 Å². The molecule has 0 radical (unpaired) electrons. The minimum Gasteiger partial charge on any atom is -0.462 e. The summed E-state index contributed by atoms with van der Waals surface area (Å²) in [5, 5.41) is 3.41. The van der Waals surface area contributed by atoms with E-state index in [1.807, 2.05) is 0 Å². The number of aromatic nitrogens is 2. The predicted molar refractivity (Wildman–Crippen MR) is 53.2 cm³/mol. The lowest BCUT2D eigenvalue weighted by molar-refractivity contribution is 0.224. The van der Waals surface area contributed by atoms with Crippen LogP contribution in [0.2, 0.25) is 0 Å². The van der Waals surface area contributed by atoms with Gasteiger partial charge in [0, 0.05) is 18.4 Å². The van der Waals surface area contributed by atoms with Gasteiger partial charge in [0.15, 0.2) is 0 Å². The third-order valence-electron chi connectivity index (χ3n) is 2.37. The van der Waals surface area contributed by atoms with Gasteiger partial charge in [0.1, 0.15) is 6.61 Å². The van der Waals surface area contributed by atoms with E-state index in [-0.39, 0.29) is 0 Å². The van der Waals surface area contributed by atoms with Crippen molar-refractivity contribution in [2.24, 2.45) is 0 Å². The van der Waals surface area contributed by atoms with Crippen molar-refractivity contribution in [1.82, 2.24) is 15.3 Å². The Kier molecular flexibility index (Phi) is 3.29. The monoisotopic (exact) mass is 193 g/mol. The average Bonchev–Trinajstić information content (AvgIpc) is 2.29. The molecule has 0 bridgehead atoms. The first kappa shape index (κ1) is 9.40. The van der Waals surface area contributed by atoms with Crippen LogP contribution in [0.5, 0.6) is 6.01 Å². The lowest BCUT2D eigenvalue weighted by atomic mass is 10.1. The van der Waals surface area contributed by atoms with Crippen LogP contribution in [0.25, 0.3) is 0 Å². The zero-order valence-electron chi connectivity index (χ0n) is 8.15. The Morgan fingerprint density at radius 1 is 1.36 bits per heavy atom. The van der Waals surface area contributed by atoms with Crippen molar-refractivity contribution in [1.29, 1.82) is 0 Å². The highest BCUT2D eigenvalue weighted by molar-refractivity contribution is 4.93. The van der Waals surface area contributed by atoms with Gasteiger partial charge in [-0.25, -0.2) is 9.97 Å². The van der Waals surface area contributed by atoms with E-state index in [1.54, 1.807) is 18.5 Å². The molecule has 1 aliphatic heterocycles. The van der Waals surface area contributed by atoms with Crippen molar-refractivity contribution in [3.63, 3.8) is 0 Å². The number of rotatable bonds is 3. The average molecular weight is 193 g/mol. The molecule has 4 nitrogen and oxygen atoms in total. The van der Waals surface area contributed by atoms with Gasteiger partial charge in [-0.1, -0.05) is 6.42 Å². The van der Waals surface area contributed by atoms with Crippen LogP contribution in [-0.4, -0.2) is 29.2 Å². The molecule has 4 heteroatoms. The SMILES string of the molecule is c1cnc(OC[C@@H]2CCCCN2)nc1. The molecule has 1 aromatic heterocycles. The van der Waals surface area contributed by atoms with E-state index in [2.05, 4.69) is 15.3 Å². The van der Waals surface area contributed by atoms with Crippen LogP contribution in [0.3, 0.4) is 0 Å². The Morgan fingerprint density at radius 2 is 2.21 bits per heavy atom.